The first kappa shape index (κ1) is 31.8. The van der Waals surface area contributed by atoms with Crippen LogP contribution in [0.5, 0.6) is 5.75 Å². The van der Waals surface area contributed by atoms with E-state index in [0.29, 0.717) is 6.61 Å². The second-order valence-corrected chi connectivity index (χ2v) is 20.1. The quantitative estimate of drug-likeness (QED) is 0.130. The summed E-state index contributed by atoms with van der Waals surface area (Å²) in [7, 11) is -2.22. The predicted octanol–water partition coefficient (Wildman–Crippen LogP) is 11.4. The zero-order valence-corrected chi connectivity index (χ0v) is 29.9. The van der Waals surface area contributed by atoms with Crippen LogP contribution in [-0.4, -0.2) is 14.7 Å². The summed E-state index contributed by atoms with van der Waals surface area (Å²) in [6, 6.07) is 41.3. The number of para-hydroxylation sites is 1. The number of benzene rings is 5. The van der Waals surface area contributed by atoms with Crippen molar-refractivity contribution in [2.45, 2.75) is 71.0 Å². The molecule has 5 aromatic carbocycles. The Kier molecular flexibility index (Phi) is 8.23. The summed E-state index contributed by atoms with van der Waals surface area (Å²) in [5, 5.41) is 1.35. The maximum atomic E-state index is 6.29. The van der Waals surface area contributed by atoms with Gasteiger partial charge in [0, 0.05) is 5.54 Å². The minimum atomic E-state index is -2.22. The van der Waals surface area contributed by atoms with Crippen LogP contribution >= 0.6 is 0 Å². The standard InChI is InChI=1S/C44H48OSi/c1-10-27-45-40-13-11-12-14-41(40)46(8,9)42-38-28-32(30-15-21-34(22-16-30)43(2,3)4)19-25-36(38)37-26-20-33(29-39(37)42)31-17-23-35(24-18-31)44(5,6)7/h10-26,28-29,42H,1,27H2,2-9H3. The maximum Gasteiger partial charge on any atom is 0.119 e. The van der Waals surface area contributed by atoms with Crippen molar-refractivity contribution < 1.29 is 4.74 Å². The van der Waals surface area contributed by atoms with Crippen molar-refractivity contribution in [3.8, 4) is 39.1 Å². The minimum absolute atomic E-state index is 0.130. The van der Waals surface area contributed by atoms with Gasteiger partial charge in [0.2, 0.25) is 0 Å². The fourth-order valence-corrected chi connectivity index (χ4v) is 10.8. The molecular weight excluding hydrogens is 573 g/mol. The Morgan fingerprint density at radius 1 is 0.609 bits per heavy atom. The third-order valence-electron chi connectivity index (χ3n) is 9.84. The summed E-state index contributed by atoms with van der Waals surface area (Å²) in [6.07, 6.45) is 1.83. The molecule has 0 saturated carbocycles. The molecule has 0 saturated heterocycles. The van der Waals surface area contributed by atoms with E-state index < -0.39 is 8.07 Å². The van der Waals surface area contributed by atoms with Gasteiger partial charge in [-0.2, -0.15) is 0 Å². The monoisotopic (exact) mass is 620 g/mol. The van der Waals surface area contributed by atoms with Gasteiger partial charge >= 0.3 is 0 Å². The van der Waals surface area contributed by atoms with Crippen LogP contribution in [0.1, 0.15) is 69.3 Å². The van der Waals surface area contributed by atoms with Gasteiger partial charge in [0.15, 0.2) is 0 Å². The molecule has 0 aliphatic heterocycles. The van der Waals surface area contributed by atoms with Gasteiger partial charge in [-0.1, -0.05) is 170 Å². The second-order valence-electron chi connectivity index (χ2n) is 15.5. The summed E-state index contributed by atoms with van der Waals surface area (Å²) in [6.45, 7) is 23.1. The Balaban J connectivity index is 1.50. The first-order valence-electron chi connectivity index (χ1n) is 16.6. The van der Waals surface area contributed by atoms with Gasteiger partial charge in [-0.15, -0.1) is 0 Å². The largest absolute Gasteiger partial charge is 0.490 e. The summed E-state index contributed by atoms with van der Waals surface area (Å²) >= 11 is 0. The topological polar surface area (TPSA) is 9.23 Å². The van der Waals surface area contributed by atoms with Crippen LogP contribution < -0.4 is 9.92 Å². The Bertz CT molecular complexity index is 1770. The van der Waals surface area contributed by atoms with Gasteiger partial charge in [-0.3, -0.25) is 0 Å². The van der Waals surface area contributed by atoms with Gasteiger partial charge < -0.3 is 4.74 Å². The first-order chi connectivity index (χ1) is 21.8. The van der Waals surface area contributed by atoms with E-state index in [9.17, 15) is 0 Å². The second kappa shape index (κ2) is 11.9. The zero-order valence-electron chi connectivity index (χ0n) is 28.9. The van der Waals surface area contributed by atoms with Crippen LogP contribution in [0, 0.1) is 0 Å². The lowest BCUT2D eigenvalue weighted by atomic mass is 9.86. The number of hydrogen-bond acceptors (Lipinski definition) is 1. The van der Waals surface area contributed by atoms with Gasteiger partial charge in [0.25, 0.3) is 0 Å². The molecule has 0 N–H and O–H groups in total. The summed E-state index contributed by atoms with van der Waals surface area (Å²) in [5.41, 5.74) is 13.9. The Morgan fingerprint density at radius 2 is 1.04 bits per heavy atom. The number of hydrogen-bond donors (Lipinski definition) is 0. The van der Waals surface area contributed by atoms with E-state index in [0.717, 1.165) is 5.75 Å². The van der Waals surface area contributed by atoms with Crippen LogP contribution in [0.4, 0.5) is 0 Å². The van der Waals surface area contributed by atoms with E-state index in [1.54, 1.807) is 0 Å². The number of rotatable bonds is 7. The van der Waals surface area contributed by atoms with Crippen molar-refractivity contribution in [1.82, 2.24) is 0 Å². The molecule has 0 bridgehead atoms. The highest BCUT2D eigenvalue weighted by Crippen LogP contribution is 2.51. The smallest absolute Gasteiger partial charge is 0.119 e. The molecule has 2 heteroatoms. The third kappa shape index (κ3) is 5.92. The predicted molar refractivity (Wildman–Crippen MR) is 201 cm³/mol. The fourth-order valence-electron chi connectivity index (χ4n) is 7.15. The van der Waals surface area contributed by atoms with Crippen molar-refractivity contribution in [2.75, 3.05) is 6.61 Å². The molecule has 46 heavy (non-hydrogen) atoms. The van der Waals surface area contributed by atoms with E-state index in [4.69, 9.17) is 4.74 Å². The minimum Gasteiger partial charge on any atom is -0.490 e. The molecule has 234 valence electrons. The Hall–Kier alpha value is -4.14. The highest BCUT2D eigenvalue weighted by atomic mass is 28.3. The Labute approximate surface area is 278 Å². The lowest BCUT2D eigenvalue weighted by Crippen LogP contribution is -2.48. The molecule has 0 amide bonds. The average Bonchev–Trinajstić information content (AvgIpc) is 3.37. The molecule has 6 rings (SSSR count). The van der Waals surface area contributed by atoms with Crippen LogP contribution in [0.15, 0.2) is 122 Å². The molecule has 1 aliphatic rings. The van der Waals surface area contributed by atoms with Crippen molar-refractivity contribution in [1.29, 1.82) is 0 Å². The van der Waals surface area contributed by atoms with Crippen LogP contribution in [-0.2, 0) is 10.8 Å². The summed E-state index contributed by atoms with van der Waals surface area (Å²) < 4.78 is 6.29. The van der Waals surface area contributed by atoms with Gasteiger partial charge in [0.1, 0.15) is 12.4 Å². The fraction of sp³-hybridized carbons (Fsp3) is 0.273. The van der Waals surface area contributed by atoms with Crippen molar-refractivity contribution in [3.63, 3.8) is 0 Å². The van der Waals surface area contributed by atoms with E-state index in [1.165, 1.54) is 60.8 Å². The maximum absolute atomic E-state index is 6.29. The average molecular weight is 621 g/mol. The van der Waals surface area contributed by atoms with Gasteiger partial charge in [0.05, 0.1) is 8.07 Å². The third-order valence-corrected chi connectivity index (χ3v) is 13.7. The number of fused-ring (bicyclic) bond motifs is 3. The van der Waals surface area contributed by atoms with Gasteiger partial charge in [-0.25, -0.2) is 0 Å². The van der Waals surface area contributed by atoms with E-state index in [1.807, 2.05) is 6.08 Å². The highest BCUT2D eigenvalue weighted by Gasteiger charge is 2.43. The molecule has 1 nitrogen and oxygen atoms in total. The molecule has 0 heterocycles. The van der Waals surface area contributed by atoms with Crippen molar-refractivity contribution >= 4 is 13.3 Å². The molecule has 0 atom stereocenters. The van der Waals surface area contributed by atoms with Crippen molar-refractivity contribution in [2.24, 2.45) is 0 Å². The van der Waals surface area contributed by atoms with E-state index in [2.05, 4.69) is 170 Å². The molecule has 0 radical (unpaired) electrons. The molecule has 0 spiro atoms. The molecule has 0 unspecified atom stereocenters. The van der Waals surface area contributed by atoms with Gasteiger partial charge in [-0.05, 0) is 77.7 Å². The van der Waals surface area contributed by atoms with E-state index in [-0.39, 0.29) is 16.4 Å². The lowest BCUT2D eigenvalue weighted by Gasteiger charge is -2.33. The van der Waals surface area contributed by atoms with E-state index >= 15 is 0 Å². The van der Waals surface area contributed by atoms with Crippen LogP contribution in [0.3, 0.4) is 0 Å². The summed E-state index contributed by atoms with van der Waals surface area (Å²) in [4.78, 5) is 0. The SMILES string of the molecule is C=CCOc1ccccc1[Si](C)(C)C1c2cc(-c3ccc(C(C)(C)C)cc3)ccc2-c2ccc(-c3ccc(C(C)(C)C)cc3)cc21. The van der Waals surface area contributed by atoms with Crippen LogP contribution in [0.2, 0.25) is 13.1 Å². The van der Waals surface area contributed by atoms with Crippen molar-refractivity contribution in [3.05, 3.63) is 144 Å². The normalized spacial score (nSPS) is 13.3. The number of ether oxygens (including phenoxy) is 1. The summed E-state index contributed by atoms with van der Waals surface area (Å²) in [5.74, 6) is 0.983. The molecule has 0 aromatic heterocycles. The lowest BCUT2D eigenvalue weighted by molar-refractivity contribution is 0.366. The Morgan fingerprint density at radius 3 is 1.48 bits per heavy atom. The molecule has 5 aromatic rings. The highest BCUT2D eigenvalue weighted by molar-refractivity contribution is 6.92. The molecule has 1 aliphatic carbocycles. The zero-order chi connectivity index (χ0) is 32.9. The molecular formula is C44H48OSi. The first-order valence-corrected chi connectivity index (χ1v) is 19.7. The van der Waals surface area contributed by atoms with Crippen LogP contribution in [0.25, 0.3) is 33.4 Å². The molecule has 0 fully saturated rings.